The minimum Gasteiger partial charge on any atom is -0.449 e. The predicted octanol–water partition coefficient (Wildman–Crippen LogP) is 4.46. The first-order chi connectivity index (χ1) is 15.9. The van der Waals surface area contributed by atoms with E-state index in [-0.39, 0.29) is 25.0 Å². The Bertz CT molecular complexity index is 898. The van der Waals surface area contributed by atoms with Crippen LogP contribution in [0.1, 0.15) is 57.1 Å². The van der Waals surface area contributed by atoms with Crippen molar-refractivity contribution in [3.8, 4) is 11.1 Å². The van der Waals surface area contributed by atoms with Crippen LogP contribution < -0.4 is 10.6 Å². The third kappa shape index (κ3) is 6.57. The summed E-state index contributed by atoms with van der Waals surface area (Å²) >= 11 is 0. The van der Waals surface area contributed by atoms with Gasteiger partial charge in [-0.3, -0.25) is 4.79 Å². The van der Waals surface area contributed by atoms with Crippen LogP contribution in [0.3, 0.4) is 0 Å². The molecule has 6 nitrogen and oxygen atoms in total. The van der Waals surface area contributed by atoms with Gasteiger partial charge in [0.2, 0.25) is 5.91 Å². The molecule has 0 fully saturated rings. The molecular weight excluding hydrogens is 416 g/mol. The Hall–Kier alpha value is -2.86. The van der Waals surface area contributed by atoms with Gasteiger partial charge < -0.3 is 20.5 Å². The number of fused-ring (bicyclic) bond motifs is 3. The van der Waals surface area contributed by atoms with Crippen LogP contribution in [0.25, 0.3) is 11.1 Å². The fourth-order valence-electron chi connectivity index (χ4n) is 4.24. The lowest BCUT2D eigenvalue weighted by Gasteiger charge is -2.19. The molecule has 0 unspecified atom stereocenters. The van der Waals surface area contributed by atoms with Crippen molar-refractivity contribution in [2.75, 3.05) is 19.7 Å². The number of alkyl carbamates (subject to hydrolysis) is 1. The summed E-state index contributed by atoms with van der Waals surface area (Å²) in [5.74, 6) is -0.190. The van der Waals surface area contributed by atoms with Crippen molar-refractivity contribution in [3.05, 3.63) is 59.7 Å². The van der Waals surface area contributed by atoms with Crippen LogP contribution in [0.4, 0.5) is 4.79 Å². The maximum Gasteiger partial charge on any atom is 0.407 e. The summed E-state index contributed by atoms with van der Waals surface area (Å²) in [5, 5.41) is 15.8. The molecule has 0 spiro atoms. The van der Waals surface area contributed by atoms with Crippen LogP contribution >= 0.6 is 0 Å². The number of unbranched alkanes of at least 4 members (excludes halogenated alkanes) is 1. The molecule has 1 aliphatic carbocycles. The Morgan fingerprint density at radius 3 is 2.15 bits per heavy atom. The second-order valence-corrected chi connectivity index (χ2v) is 9.24. The number of nitrogens with one attached hydrogen (secondary N) is 2. The molecule has 0 saturated carbocycles. The Morgan fingerprint density at radius 1 is 0.939 bits per heavy atom. The van der Waals surface area contributed by atoms with Gasteiger partial charge in [0.05, 0.1) is 12.0 Å². The molecule has 1 aliphatic rings. The number of aliphatic hydroxyl groups is 1. The quantitative estimate of drug-likeness (QED) is 0.439. The molecule has 2 aromatic rings. The highest BCUT2D eigenvalue weighted by atomic mass is 16.5. The van der Waals surface area contributed by atoms with E-state index in [0.717, 1.165) is 30.4 Å². The van der Waals surface area contributed by atoms with Gasteiger partial charge in [0, 0.05) is 19.0 Å². The van der Waals surface area contributed by atoms with E-state index in [9.17, 15) is 14.7 Å². The van der Waals surface area contributed by atoms with Gasteiger partial charge in [-0.25, -0.2) is 4.79 Å². The second kappa shape index (κ2) is 11.8. The van der Waals surface area contributed by atoms with Gasteiger partial charge in [-0.2, -0.15) is 0 Å². The molecule has 0 heterocycles. The minimum absolute atomic E-state index is 0.0199. The lowest BCUT2D eigenvalue weighted by atomic mass is 9.98. The predicted molar refractivity (Wildman–Crippen MR) is 130 cm³/mol. The third-order valence-corrected chi connectivity index (χ3v) is 6.30. The molecule has 0 aromatic heterocycles. The van der Waals surface area contributed by atoms with Crippen molar-refractivity contribution in [1.29, 1.82) is 0 Å². The summed E-state index contributed by atoms with van der Waals surface area (Å²) in [6.07, 6.45) is 1.54. The number of benzene rings is 2. The molecule has 0 bridgehead atoms. The first kappa shape index (κ1) is 24.8. The van der Waals surface area contributed by atoms with Gasteiger partial charge in [0.1, 0.15) is 6.61 Å². The molecule has 0 aliphatic heterocycles. The average Bonchev–Trinajstić information content (AvgIpc) is 3.13. The first-order valence-corrected chi connectivity index (χ1v) is 11.9. The molecule has 33 heavy (non-hydrogen) atoms. The molecule has 2 atom stereocenters. The van der Waals surface area contributed by atoms with E-state index in [0.29, 0.717) is 12.5 Å². The van der Waals surface area contributed by atoms with Gasteiger partial charge in [-0.05, 0) is 34.6 Å². The summed E-state index contributed by atoms with van der Waals surface area (Å²) < 4.78 is 5.48. The Labute approximate surface area is 196 Å². The number of carbonyl (C=O) groups is 2. The normalized spacial score (nSPS) is 14.3. The maximum atomic E-state index is 12.3. The van der Waals surface area contributed by atoms with Gasteiger partial charge in [0.25, 0.3) is 0 Å². The standard InChI is InChI=1S/C27H36N2O4/c1-18(2)10-8-9-15-28-26(31)19(3)25(30)16-29-27(32)33-17-24-22-13-6-4-11-20(22)21-12-5-7-14-23(21)24/h4-7,11-14,18-19,24-25,30H,8-10,15-17H2,1-3H3,(H,28,31)(H,29,32)/t19-,25-/m0/s1. The lowest BCUT2D eigenvalue weighted by molar-refractivity contribution is -0.127. The van der Waals surface area contributed by atoms with Gasteiger partial charge in [-0.15, -0.1) is 0 Å². The van der Waals surface area contributed by atoms with Gasteiger partial charge >= 0.3 is 6.09 Å². The van der Waals surface area contributed by atoms with E-state index in [2.05, 4.69) is 48.7 Å². The van der Waals surface area contributed by atoms with Crippen molar-refractivity contribution < 1.29 is 19.4 Å². The highest BCUT2D eigenvalue weighted by Crippen LogP contribution is 2.44. The Morgan fingerprint density at radius 2 is 1.55 bits per heavy atom. The third-order valence-electron chi connectivity index (χ3n) is 6.30. The van der Waals surface area contributed by atoms with E-state index in [1.807, 2.05) is 24.3 Å². The monoisotopic (exact) mass is 452 g/mol. The summed E-state index contributed by atoms with van der Waals surface area (Å²) in [5.41, 5.74) is 4.62. The number of hydrogen-bond donors (Lipinski definition) is 3. The van der Waals surface area contributed by atoms with Crippen LogP contribution in [-0.4, -0.2) is 42.9 Å². The maximum absolute atomic E-state index is 12.3. The largest absolute Gasteiger partial charge is 0.449 e. The van der Waals surface area contributed by atoms with E-state index in [1.54, 1.807) is 6.92 Å². The molecule has 2 amide bonds. The Balaban J connectivity index is 1.42. The van der Waals surface area contributed by atoms with E-state index < -0.39 is 18.1 Å². The van der Waals surface area contributed by atoms with Crippen LogP contribution in [0.15, 0.2) is 48.5 Å². The fourth-order valence-corrected chi connectivity index (χ4v) is 4.24. The molecule has 2 aromatic carbocycles. The Kier molecular flexibility index (Phi) is 8.89. The molecular formula is C27H36N2O4. The highest BCUT2D eigenvalue weighted by Gasteiger charge is 2.29. The first-order valence-electron chi connectivity index (χ1n) is 11.9. The number of amides is 2. The number of rotatable bonds is 11. The smallest absolute Gasteiger partial charge is 0.407 e. The molecule has 0 saturated heterocycles. The summed E-state index contributed by atoms with van der Waals surface area (Å²) in [6, 6.07) is 16.3. The van der Waals surface area contributed by atoms with Crippen LogP contribution in [0.2, 0.25) is 0 Å². The van der Waals surface area contributed by atoms with Crippen LogP contribution in [0, 0.1) is 11.8 Å². The van der Waals surface area contributed by atoms with Crippen molar-refractivity contribution in [3.63, 3.8) is 0 Å². The summed E-state index contributed by atoms with van der Waals surface area (Å²) in [4.78, 5) is 24.5. The van der Waals surface area contributed by atoms with E-state index in [1.165, 1.54) is 11.1 Å². The van der Waals surface area contributed by atoms with Crippen molar-refractivity contribution in [1.82, 2.24) is 10.6 Å². The average molecular weight is 453 g/mol. The molecule has 0 radical (unpaired) electrons. The number of carbonyl (C=O) groups excluding carboxylic acids is 2. The lowest BCUT2D eigenvalue weighted by Crippen LogP contribution is -2.42. The van der Waals surface area contributed by atoms with Crippen LogP contribution in [-0.2, 0) is 9.53 Å². The van der Waals surface area contributed by atoms with Gasteiger partial charge in [0.15, 0.2) is 0 Å². The summed E-state index contributed by atoms with van der Waals surface area (Å²) in [6.45, 7) is 6.79. The SMILES string of the molecule is CC(C)CCCCNC(=O)[C@@H](C)[C@@H](O)CNC(=O)OCC1c2ccccc2-c2ccccc21. The summed E-state index contributed by atoms with van der Waals surface area (Å²) in [7, 11) is 0. The van der Waals surface area contributed by atoms with Crippen molar-refractivity contribution >= 4 is 12.0 Å². The molecule has 178 valence electrons. The zero-order valence-corrected chi connectivity index (χ0v) is 19.8. The second-order valence-electron chi connectivity index (χ2n) is 9.24. The van der Waals surface area contributed by atoms with Crippen molar-refractivity contribution in [2.45, 2.75) is 52.1 Å². The molecule has 3 rings (SSSR count). The topological polar surface area (TPSA) is 87.7 Å². The van der Waals surface area contributed by atoms with E-state index in [4.69, 9.17) is 4.74 Å². The van der Waals surface area contributed by atoms with Crippen LogP contribution in [0.5, 0.6) is 0 Å². The fraction of sp³-hybridized carbons (Fsp3) is 0.481. The molecule has 6 heteroatoms. The highest BCUT2D eigenvalue weighted by molar-refractivity contribution is 5.79. The van der Waals surface area contributed by atoms with Crippen molar-refractivity contribution in [2.24, 2.45) is 11.8 Å². The zero-order valence-electron chi connectivity index (χ0n) is 19.8. The number of ether oxygens (including phenoxy) is 1. The van der Waals surface area contributed by atoms with Gasteiger partial charge in [-0.1, -0.05) is 82.1 Å². The van der Waals surface area contributed by atoms with E-state index >= 15 is 0 Å². The minimum atomic E-state index is -0.985. The molecule has 3 N–H and O–H groups in total. The number of aliphatic hydroxyl groups excluding tert-OH is 1. The zero-order chi connectivity index (χ0) is 23.8. The number of hydrogen-bond acceptors (Lipinski definition) is 4.